The SMILES string of the molecule is CCN(c1cccc(F)c1)c1ncc(C(F)(F)F)c(Oc2ccccc2)n1. The summed E-state index contributed by atoms with van der Waals surface area (Å²) in [6.07, 6.45) is -4.01. The van der Waals surface area contributed by atoms with Crippen molar-refractivity contribution in [3.05, 3.63) is 72.2 Å². The third-order valence-electron chi connectivity index (χ3n) is 3.68. The minimum absolute atomic E-state index is 0.0259. The Bertz CT molecular complexity index is 916. The predicted octanol–water partition coefficient (Wildman–Crippen LogP) is 5.58. The Kier molecular flexibility index (Phi) is 5.25. The van der Waals surface area contributed by atoms with Gasteiger partial charge in [0.25, 0.3) is 0 Å². The van der Waals surface area contributed by atoms with Gasteiger partial charge >= 0.3 is 6.18 Å². The average Bonchev–Trinajstić information content (AvgIpc) is 2.62. The van der Waals surface area contributed by atoms with Crippen LogP contribution in [-0.2, 0) is 6.18 Å². The summed E-state index contributed by atoms with van der Waals surface area (Å²) in [4.78, 5) is 9.27. The molecule has 3 rings (SSSR count). The van der Waals surface area contributed by atoms with Crippen molar-refractivity contribution in [3.8, 4) is 11.6 Å². The second-order valence-corrected chi connectivity index (χ2v) is 5.53. The maximum atomic E-state index is 13.5. The van der Waals surface area contributed by atoms with Crippen LogP contribution < -0.4 is 9.64 Å². The van der Waals surface area contributed by atoms with E-state index >= 15 is 0 Å². The highest BCUT2D eigenvalue weighted by molar-refractivity contribution is 5.57. The molecule has 0 fully saturated rings. The highest BCUT2D eigenvalue weighted by atomic mass is 19.4. The Labute approximate surface area is 153 Å². The molecule has 1 aromatic heterocycles. The van der Waals surface area contributed by atoms with E-state index in [-0.39, 0.29) is 11.7 Å². The molecule has 3 aromatic rings. The zero-order chi connectivity index (χ0) is 19.4. The molecular formula is C19H15F4N3O. The van der Waals surface area contributed by atoms with Gasteiger partial charge in [-0.15, -0.1) is 0 Å². The largest absolute Gasteiger partial charge is 0.438 e. The van der Waals surface area contributed by atoms with Crippen molar-refractivity contribution in [1.82, 2.24) is 9.97 Å². The van der Waals surface area contributed by atoms with Crippen LogP contribution >= 0.6 is 0 Å². The van der Waals surface area contributed by atoms with Crippen LogP contribution in [0.1, 0.15) is 12.5 Å². The molecule has 0 saturated carbocycles. The minimum Gasteiger partial charge on any atom is -0.438 e. The Hall–Kier alpha value is -3.16. The molecule has 2 aromatic carbocycles. The van der Waals surface area contributed by atoms with Crippen LogP contribution in [0, 0.1) is 5.82 Å². The molecule has 27 heavy (non-hydrogen) atoms. The van der Waals surface area contributed by atoms with Crippen LogP contribution in [0.15, 0.2) is 60.8 Å². The summed E-state index contributed by atoms with van der Waals surface area (Å²) in [6.45, 7) is 2.07. The lowest BCUT2D eigenvalue weighted by Gasteiger charge is -2.22. The molecule has 0 spiro atoms. The number of aromatic nitrogens is 2. The van der Waals surface area contributed by atoms with E-state index in [1.165, 1.54) is 35.2 Å². The number of halogens is 4. The molecule has 0 aliphatic rings. The zero-order valence-electron chi connectivity index (χ0n) is 14.2. The van der Waals surface area contributed by atoms with Crippen molar-refractivity contribution in [3.63, 3.8) is 0 Å². The van der Waals surface area contributed by atoms with E-state index in [0.29, 0.717) is 18.4 Å². The first-order valence-corrected chi connectivity index (χ1v) is 8.08. The first-order valence-electron chi connectivity index (χ1n) is 8.08. The fourth-order valence-corrected chi connectivity index (χ4v) is 2.44. The molecule has 8 heteroatoms. The quantitative estimate of drug-likeness (QED) is 0.544. The van der Waals surface area contributed by atoms with Gasteiger partial charge in [0.15, 0.2) is 0 Å². The van der Waals surface area contributed by atoms with E-state index in [2.05, 4.69) is 9.97 Å². The molecule has 0 aliphatic carbocycles. The van der Waals surface area contributed by atoms with Crippen LogP contribution in [-0.4, -0.2) is 16.5 Å². The molecule has 140 valence electrons. The number of rotatable bonds is 5. The maximum Gasteiger partial charge on any atom is 0.423 e. The van der Waals surface area contributed by atoms with Gasteiger partial charge in [-0.25, -0.2) is 9.37 Å². The summed E-state index contributed by atoms with van der Waals surface area (Å²) in [5.41, 5.74) is -0.673. The smallest absolute Gasteiger partial charge is 0.423 e. The van der Waals surface area contributed by atoms with E-state index < -0.39 is 23.4 Å². The maximum absolute atomic E-state index is 13.5. The van der Waals surface area contributed by atoms with E-state index in [9.17, 15) is 17.6 Å². The van der Waals surface area contributed by atoms with Gasteiger partial charge in [-0.3, -0.25) is 0 Å². The van der Waals surface area contributed by atoms with Crippen LogP contribution in [0.5, 0.6) is 11.6 Å². The Morgan fingerprint density at radius 1 is 1.04 bits per heavy atom. The second-order valence-electron chi connectivity index (χ2n) is 5.53. The van der Waals surface area contributed by atoms with Gasteiger partial charge in [-0.1, -0.05) is 24.3 Å². The highest BCUT2D eigenvalue weighted by Crippen LogP contribution is 2.38. The van der Waals surface area contributed by atoms with Gasteiger partial charge in [-0.05, 0) is 37.3 Å². The van der Waals surface area contributed by atoms with Gasteiger partial charge in [-0.2, -0.15) is 18.2 Å². The normalized spacial score (nSPS) is 11.3. The molecule has 0 unspecified atom stereocenters. The first kappa shape index (κ1) is 18.6. The lowest BCUT2D eigenvalue weighted by atomic mass is 10.2. The molecule has 4 nitrogen and oxygen atoms in total. The lowest BCUT2D eigenvalue weighted by Crippen LogP contribution is -2.20. The molecule has 1 heterocycles. The van der Waals surface area contributed by atoms with Crippen molar-refractivity contribution in [2.45, 2.75) is 13.1 Å². The van der Waals surface area contributed by atoms with Gasteiger partial charge in [0.2, 0.25) is 11.8 Å². The van der Waals surface area contributed by atoms with Crippen molar-refractivity contribution in [1.29, 1.82) is 0 Å². The highest BCUT2D eigenvalue weighted by Gasteiger charge is 2.37. The van der Waals surface area contributed by atoms with Gasteiger partial charge in [0.1, 0.15) is 17.1 Å². The third kappa shape index (κ3) is 4.33. The standard InChI is InChI=1S/C19H15F4N3O/c1-2-26(14-8-6-7-13(20)11-14)18-24-12-16(19(21,22)23)17(25-18)27-15-9-4-3-5-10-15/h3-12H,2H2,1H3. The number of ether oxygens (including phenoxy) is 1. The van der Waals surface area contributed by atoms with Crippen LogP contribution in [0.25, 0.3) is 0 Å². The van der Waals surface area contributed by atoms with E-state index in [1.807, 2.05) is 0 Å². The lowest BCUT2D eigenvalue weighted by molar-refractivity contribution is -0.139. The molecule has 0 amide bonds. The van der Waals surface area contributed by atoms with E-state index in [4.69, 9.17) is 4.74 Å². The summed E-state index contributed by atoms with van der Waals surface area (Å²) in [6, 6.07) is 13.7. The average molecular weight is 377 g/mol. The number of alkyl halides is 3. The van der Waals surface area contributed by atoms with Gasteiger partial charge in [0, 0.05) is 18.4 Å². The molecule has 0 N–H and O–H groups in total. The first-order chi connectivity index (χ1) is 12.9. The van der Waals surface area contributed by atoms with E-state index in [0.717, 1.165) is 0 Å². The molecule has 0 saturated heterocycles. The number of nitrogens with zero attached hydrogens (tertiary/aromatic N) is 3. The molecule has 0 radical (unpaired) electrons. The van der Waals surface area contributed by atoms with Crippen LogP contribution in [0.4, 0.5) is 29.2 Å². The van der Waals surface area contributed by atoms with Gasteiger partial charge < -0.3 is 9.64 Å². The third-order valence-corrected chi connectivity index (χ3v) is 3.68. The van der Waals surface area contributed by atoms with Crippen molar-refractivity contribution < 1.29 is 22.3 Å². The minimum atomic E-state index is -4.68. The summed E-state index contributed by atoms with van der Waals surface area (Å²) >= 11 is 0. The molecular weight excluding hydrogens is 362 g/mol. The Morgan fingerprint density at radius 2 is 1.78 bits per heavy atom. The number of anilines is 2. The molecule has 0 atom stereocenters. The number of hydrogen-bond donors (Lipinski definition) is 0. The number of para-hydroxylation sites is 1. The zero-order valence-corrected chi connectivity index (χ0v) is 14.2. The summed E-state index contributed by atoms with van der Waals surface area (Å²) in [5, 5.41) is 0. The fourth-order valence-electron chi connectivity index (χ4n) is 2.44. The topological polar surface area (TPSA) is 38.2 Å². The van der Waals surface area contributed by atoms with Crippen molar-refractivity contribution in [2.24, 2.45) is 0 Å². The van der Waals surface area contributed by atoms with E-state index in [1.54, 1.807) is 31.2 Å². The molecule has 0 bridgehead atoms. The summed E-state index contributed by atoms with van der Waals surface area (Å²) < 4.78 is 58.8. The van der Waals surface area contributed by atoms with Crippen molar-refractivity contribution in [2.75, 3.05) is 11.4 Å². The summed E-state index contributed by atoms with van der Waals surface area (Å²) in [5.74, 6) is -0.907. The fraction of sp³-hybridized carbons (Fsp3) is 0.158. The van der Waals surface area contributed by atoms with Crippen LogP contribution in [0.2, 0.25) is 0 Å². The second kappa shape index (κ2) is 7.61. The predicted molar refractivity (Wildman–Crippen MR) is 92.6 cm³/mol. The van der Waals surface area contributed by atoms with Crippen LogP contribution in [0.3, 0.4) is 0 Å². The summed E-state index contributed by atoms with van der Waals surface area (Å²) in [7, 11) is 0. The Balaban J connectivity index is 2.05. The van der Waals surface area contributed by atoms with Crippen molar-refractivity contribution >= 4 is 11.6 Å². The number of benzene rings is 2. The molecule has 0 aliphatic heterocycles. The Morgan fingerprint density at radius 3 is 2.41 bits per heavy atom. The number of hydrogen-bond acceptors (Lipinski definition) is 4. The monoisotopic (exact) mass is 377 g/mol. The van der Waals surface area contributed by atoms with Gasteiger partial charge in [0.05, 0.1) is 0 Å².